The van der Waals surface area contributed by atoms with E-state index in [0.717, 1.165) is 22.6 Å². The summed E-state index contributed by atoms with van der Waals surface area (Å²) in [5, 5.41) is 22.6. The highest BCUT2D eigenvalue weighted by molar-refractivity contribution is 7.17. The summed E-state index contributed by atoms with van der Waals surface area (Å²) in [5.41, 5.74) is 2.42. The van der Waals surface area contributed by atoms with Crippen molar-refractivity contribution in [3.8, 4) is 0 Å². The smallest absolute Gasteiger partial charge is 0.362 e. The second kappa shape index (κ2) is 10.5. The number of nitrogens with zero attached hydrogens (tertiary/aromatic N) is 2. The number of carbonyl (C=O) groups is 2. The summed E-state index contributed by atoms with van der Waals surface area (Å²) in [6, 6.07) is 18.1. The van der Waals surface area contributed by atoms with Crippen molar-refractivity contribution in [1.82, 2.24) is 0 Å². The highest BCUT2D eigenvalue weighted by Gasteiger charge is 2.22. The maximum Gasteiger partial charge on any atom is 0.362 e. The Labute approximate surface area is 190 Å². The van der Waals surface area contributed by atoms with Gasteiger partial charge in [-0.05, 0) is 51.1 Å². The fraction of sp³-hybridized carbons (Fsp3) is 0.167. The Morgan fingerprint density at radius 1 is 1.09 bits per heavy atom. The van der Waals surface area contributed by atoms with Crippen LogP contribution < -0.4 is 5.32 Å². The number of ketones is 1. The van der Waals surface area contributed by atoms with Crippen LogP contribution in [0, 0.1) is 6.92 Å². The first-order valence-electron chi connectivity index (χ1n) is 9.95. The van der Waals surface area contributed by atoms with E-state index in [0.29, 0.717) is 21.1 Å². The predicted octanol–water partition coefficient (Wildman–Crippen LogP) is 6.58. The number of anilines is 2. The Hall–Kier alpha value is -3.78. The number of rotatable bonds is 8. The number of thiophene rings is 1. The number of aliphatic hydroxyl groups is 1. The normalized spacial score (nSPS) is 11.8. The molecule has 7 nitrogen and oxygen atoms in total. The Bertz CT molecular complexity index is 1170. The molecular weight excluding hydrogens is 426 g/mol. The summed E-state index contributed by atoms with van der Waals surface area (Å²) in [4.78, 5) is 24.9. The van der Waals surface area contributed by atoms with E-state index in [-0.39, 0.29) is 18.1 Å². The van der Waals surface area contributed by atoms with Crippen molar-refractivity contribution in [3.63, 3.8) is 0 Å². The van der Waals surface area contributed by atoms with Crippen molar-refractivity contribution in [2.24, 2.45) is 10.2 Å². The number of Topliss-reactive ketones (excluding diaryl/α,β-unsaturated/α-hetero) is 1. The highest BCUT2D eigenvalue weighted by atomic mass is 32.1. The number of carbonyl (C=O) groups excluding carboxylic acids is 2. The number of esters is 1. The molecule has 0 atom stereocenters. The minimum absolute atomic E-state index is 0.111. The molecule has 0 radical (unpaired) electrons. The summed E-state index contributed by atoms with van der Waals surface area (Å²) in [6.45, 7) is 5.15. The minimum atomic E-state index is -0.809. The van der Waals surface area contributed by atoms with Crippen LogP contribution >= 0.6 is 11.3 Å². The van der Waals surface area contributed by atoms with Gasteiger partial charge in [-0.2, -0.15) is 5.11 Å². The molecule has 0 aliphatic heterocycles. The first-order chi connectivity index (χ1) is 15.4. The molecule has 1 aromatic heterocycles. The highest BCUT2D eigenvalue weighted by Crippen LogP contribution is 2.36. The van der Waals surface area contributed by atoms with Crippen LogP contribution in [-0.4, -0.2) is 23.5 Å². The van der Waals surface area contributed by atoms with Gasteiger partial charge in [0.05, 0.1) is 22.7 Å². The fourth-order valence-electron chi connectivity index (χ4n) is 2.73. The van der Waals surface area contributed by atoms with E-state index >= 15 is 0 Å². The molecule has 0 unspecified atom stereocenters. The van der Waals surface area contributed by atoms with E-state index in [1.807, 2.05) is 49.4 Å². The van der Waals surface area contributed by atoms with E-state index in [2.05, 4.69) is 15.5 Å². The Balaban J connectivity index is 2.02. The summed E-state index contributed by atoms with van der Waals surface area (Å²) in [6.07, 6.45) is 0. The molecular formula is C24H23N3O4S. The zero-order chi connectivity index (χ0) is 23.1. The van der Waals surface area contributed by atoms with Crippen molar-refractivity contribution in [2.75, 3.05) is 11.9 Å². The molecule has 3 aromatic rings. The molecule has 164 valence electrons. The van der Waals surface area contributed by atoms with Crippen LogP contribution in [0.4, 0.5) is 16.4 Å². The van der Waals surface area contributed by atoms with Crippen molar-refractivity contribution in [2.45, 2.75) is 20.8 Å². The zero-order valence-corrected chi connectivity index (χ0v) is 18.8. The second-order valence-corrected chi connectivity index (χ2v) is 7.91. The molecule has 32 heavy (non-hydrogen) atoms. The number of azo groups is 1. The van der Waals surface area contributed by atoms with Gasteiger partial charge in [-0.3, -0.25) is 4.79 Å². The number of aryl methyl sites for hydroxylation is 1. The van der Waals surface area contributed by atoms with Crippen LogP contribution in [0.1, 0.15) is 34.6 Å². The Kier molecular flexibility index (Phi) is 7.51. The molecule has 1 heterocycles. The molecule has 0 saturated carbocycles. The average molecular weight is 450 g/mol. The third kappa shape index (κ3) is 5.67. The number of ether oxygens (including phenoxy) is 1. The average Bonchev–Trinajstić information content (AvgIpc) is 3.20. The molecule has 2 N–H and O–H groups in total. The van der Waals surface area contributed by atoms with Crippen molar-refractivity contribution in [3.05, 3.63) is 82.4 Å². The van der Waals surface area contributed by atoms with Gasteiger partial charge in [-0.25, -0.2) is 4.79 Å². The van der Waals surface area contributed by atoms with Gasteiger partial charge in [0.2, 0.25) is 5.70 Å². The lowest BCUT2D eigenvalue weighted by Crippen LogP contribution is -2.08. The topological polar surface area (TPSA) is 100 Å². The van der Waals surface area contributed by atoms with Crippen LogP contribution in [0.5, 0.6) is 0 Å². The van der Waals surface area contributed by atoms with Crippen LogP contribution in [0.3, 0.4) is 0 Å². The van der Waals surface area contributed by atoms with E-state index in [9.17, 15) is 14.7 Å². The van der Waals surface area contributed by atoms with E-state index in [1.165, 1.54) is 13.0 Å². The largest absolute Gasteiger partial charge is 0.504 e. The first-order valence-corrected chi connectivity index (χ1v) is 10.8. The van der Waals surface area contributed by atoms with Gasteiger partial charge in [0.25, 0.3) is 0 Å². The van der Waals surface area contributed by atoms with Crippen LogP contribution in [-0.2, 0) is 9.53 Å². The molecule has 0 bridgehead atoms. The molecule has 2 aromatic carbocycles. The number of nitrogens with one attached hydrogen (secondary N) is 1. The second-order valence-electron chi connectivity index (χ2n) is 6.85. The quantitative estimate of drug-likeness (QED) is 0.133. The first kappa shape index (κ1) is 22.9. The van der Waals surface area contributed by atoms with Crippen molar-refractivity contribution in [1.29, 1.82) is 0 Å². The number of hydrogen-bond acceptors (Lipinski definition) is 8. The van der Waals surface area contributed by atoms with Crippen molar-refractivity contribution >= 4 is 45.2 Å². The molecule has 0 spiro atoms. The minimum Gasteiger partial charge on any atom is -0.504 e. The molecule has 0 saturated heterocycles. The maximum atomic E-state index is 12.5. The van der Waals surface area contributed by atoms with E-state index < -0.39 is 11.7 Å². The molecule has 8 heteroatoms. The van der Waals surface area contributed by atoms with E-state index in [4.69, 9.17) is 4.74 Å². The molecule has 0 aliphatic rings. The maximum absolute atomic E-state index is 12.5. The number of benzene rings is 2. The van der Waals surface area contributed by atoms with Crippen LogP contribution in [0.25, 0.3) is 5.76 Å². The summed E-state index contributed by atoms with van der Waals surface area (Å²) in [5.74, 6) is -1.40. The standard InChI is InChI=1S/C24H23N3O4S/c1-4-31-24(30)21(27-26-18-12-10-15(2)11-13-18)22(29)20-14-19(16(3)28)23(32-20)25-17-8-6-5-7-9-17/h5-14,25,29H,4H2,1-3H3. The van der Waals surface area contributed by atoms with E-state index in [1.54, 1.807) is 19.1 Å². The lowest BCUT2D eigenvalue weighted by molar-refractivity contribution is -0.138. The van der Waals surface area contributed by atoms with Gasteiger partial charge in [0.1, 0.15) is 5.00 Å². The monoisotopic (exact) mass is 449 g/mol. The SMILES string of the molecule is CCOC(=O)C(N=Nc1ccc(C)cc1)=C(O)c1cc(C(C)=O)c(Nc2ccccc2)s1. The molecule has 0 aliphatic carbocycles. The molecule has 3 rings (SSSR count). The van der Waals surface area contributed by atoms with Gasteiger partial charge in [-0.15, -0.1) is 16.5 Å². The summed E-state index contributed by atoms with van der Waals surface area (Å²) < 4.78 is 5.05. The third-order valence-electron chi connectivity index (χ3n) is 4.37. The molecule has 0 fully saturated rings. The van der Waals surface area contributed by atoms with Gasteiger partial charge < -0.3 is 15.2 Å². The zero-order valence-electron chi connectivity index (χ0n) is 18.0. The lowest BCUT2D eigenvalue weighted by atomic mass is 10.2. The van der Waals surface area contributed by atoms with Gasteiger partial charge in [0, 0.05) is 5.69 Å². The van der Waals surface area contributed by atoms with Gasteiger partial charge in [-0.1, -0.05) is 35.9 Å². The number of hydrogen-bond donors (Lipinski definition) is 2. The predicted molar refractivity (Wildman–Crippen MR) is 126 cm³/mol. The van der Waals surface area contributed by atoms with Crippen molar-refractivity contribution < 1.29 is 19.4 Å². The van der Waals surface area contributed by atoms with Crippen LogP contribution in [0.2, 0.25) is 0 Å². The summed E-state index contributed by atoms with van der Waals surface area (Å²) >= 11 is 1.13. The fourth-order valence-corrected chi connectivity index (χ4v) is 3.81. The summed E-state index contributed by atoms with van der Waals surface area (Å²) in [7, 11) is 0. The lowest BCUT2D eigenvalue weighted by Gasteiger charge is -2.05. The molecule has 0 amide bonds. The Morgan fingerprint density at radius 2 is 1.78 bits per heavy atom. The number of para-hydroxylation sites is 1. The third-order valence-corrected chi connectivity index (χ3v) is 5.43. The van der Waals surface area contributed by atoms with Gasteiger partial charge >= 0.3 is 5.97 Å². The van der Waals surface area contributed by atoms with Gasteiger partial charge in [0.15, 0.2) is 11.5 Å². The Morgan fingerprint density at radius 3 is 2.41 bits per heavy atom. The van der Waals surface area contributed by atoms with Crippen LogP contribution in [0.15, 0.2) is 76.6 Å². The number of aliphatic hydroxyl groups excluding tert-OH is 1.